The van der Waals surface area contributed by atoms with Gasteiger partial charge in [-0.2, -0.15) is 0 Å². The first-order chi connectivity index (χ1) is 12.5. The molecule has 1 heterocycles. The van der Waals surface area contributed by atoms with Crippen LogP contribution in [0.2, 0.25) is 0 Å². The molecule has 1 fully saturated rings. The predicted molar refractivity (Wildman–Crippen MR) is 103 cm³/mol. The smallest absolute Gasteiger partial charge is 0.327 e. The van der Waals surface area contributed by atoms with E-state index in [9.17, 15) is 19.1 Å². The molecule has 4 nitrogen and oxygen atoms in total. The van der Waals surface area contributed by atoms with Gasteiger partial charge in [0.1, 0.15) is 16.2 Å². The highest BCUT2D eigenvalue weighted by atomic mass is 32.2. The van der Waals surface area contributed by atoms with Crippen molar-refractivity contribution >= 4 is 46.3 Å². The molecule has 0 spiro atoms. The summed E-state index contributed by atoms with van der Waals surface area (Å²) in [4.78, 5) is 25.9. The van der Waals surface area contributed by atoms with E-state index >= 15 is 0 Å². The third-order valence-corrected chi connectivity index (χ3v) is 5.17. The summed E-state index contributed by atoms with van der Waals surface area (Å²) >= 11 is 6.26. The number of halogens is 1. The van der Waals surface area contributed by atoms with E-state index in [1.807, 2.05) is 18.2 Å². The zero-order valence-electron chi connectivity index (χ0n) is 13.5. The fourth-order valence-corrected chi connectivity index (χ4v) is 3.98. The van der Waals surface area contributed by atoms with Crippen molar-refractivity contribution in [1.82, 2.24) is 4.90 Å². The molecule has 1 amide bonds. The predicted octanol–water partition coefficient (Wildman–Crippen LogP) is 3.72. The topological polar surface area (TPSA) is 57.6 Å². The van der Waals surface area contributed by atoms with Crippen LogP contribution in [0.4, 0.5) is 4.39 Å². The number of carboxylic acid groups (broad SMARTS) is 1. The molecular formula is C19H14FNO3S2. The number of hydrogen-bond acceptors (Lipinski definition) is 4. The van der Waals surface area contributed by atoms with Crippen LogP contribution in [0.5, 0.6) is 0 Å². The fraction of sp³-hybridized carbons (Fsp3) is 0.105. The van der Waals surface area contributed by atoms with Gasteiger partial charge in [-0.05, 0) is 29.3 Å². The largest absolute Gasteiger partial charge is 0.480 e. The molecule has 1 aliphatic heterocycles. The van der Waals surface area contributed by atoms with Gasteiger partial charge in [0.05, 0.1) is 4.91 Å². The van der Waals surface area contributed by atoms with Gasteiger partial charge in [0.25, 0.3) is 5.91 Å². The van der Waals surface area contributed by atoms with Gasteiger partial charge < -0.3 is 5.11 Å². The van der Waals surface area contributed by atoms with E-state index in [4.69, 9.17) is 12.2 Å². The van der Waals surface area contributed by atoms with E-state index in [1.165, 1.54) is 24.3 Å². The lowest BCUT2D eigenvalue weighted by Crippen LogP contribution is -2.45. The van der Waals surface area contributed by atoms with Crippen molar-refractivity contribution in [3.8, 4) is 0 Å². The normalized spacial score (nSPS) is 17.0. The SMILES string of the molecule is O=C(O)[C@H](Cc1ccccc1)N1C(=O)/C(=C\c2cccc(F)c2)SC1=S. The molecule has 0 saturated carbocycles. The quantitative estimate of drug-likeness (QED) is 0.626. The Hall–Kier alpha value is -2.51. The van der Waals surface area contributed by atoms with Crippen molar-refractivity contribution in [2.24, 2.45) is 0 Å². The number of rotatable bonds is 5. The minimum absolute atomic E-state index is 0.149. The Labute approximate surface area is 159 Å². The third-order valence-electron chi connectivity index (χ3n) is 3.84. The Kier molecular flexibility index (Phi) is 5.49. The number of thioether (sulfide) groups is 1. The van der Waals surface area contributed by atoms with Crippen molar-refractivity contribution in [3.05, 3.63) is 76.4 Å². The molecule has 0 radical (unpaired) electrons. The molecule has 0 bridgehead atoms. The summed E-state index contributed by atoms with van der Waals surface area (Å²) in [5, 5.41) is 9.61. The summed E-state index contributed by atoms with van der Waals surface area (Å²) in [6, 6.07) is 13.8. The van der Waals surface area contributed by atoms with Gasteiger partial charge in [0.15, 0.2) is 0 Å². The molecule has 1 saturated heterocycles. The number of aliphatic carboxylic acids is 1. The highest BCUT2D eigenvalue weighted by molar-refractivity contribution is 8.26. The van der Waals surface area contributed by atoms with Crippen molar-refractivity contribution in [2.45, 2.75) is 12.5 Å². The zero-order chi connectivity index (χ0) is 18.7. The Morgan fingerprint density at radius 1 is 1.23 bits per heavy atom. The average Bonchev–Trinajstić information content (AvgIpc) is 2.87. The maximum absolute atomic E-state index is 13.3. The van der Waals surface area contributed by atoms with Crippen LogP contribution in [0.1, 0.15) is 11.1 Å². The lowest BCUT2D eigenvalue weighted by molar-refractivity contribution is -0.145. The van der Waals surface area contributed by atoms with E-state index < -0.39 is 23.7 Å². The number of thiocarbonyl (C=S) groups is 1. The Morgan fingerprint density at radius 3 is 2.62 bits per heavy atom. The van der Waals surface area contributed by atoms with Crippen LogP contribution in [0.15, 0.2) is 59.5 Å². The highest BCUT2D eigenvalue weighted by Gasteiger charge is 2.40. The highest BCUT2D eigenvalue weighted by Crippen LogP contribution is 2.34. The maximum Gasteiger partial charge on any atom is 0.327 e. The Bertz CT molecular complexity index is 899. The number of amides is 1. The first-order valence-electron chi connectivity index (χ1n) is 7.75. The van der Waals surface area contributed by atoms with Gasteiger partial charge in [-0.15, -0.1) is 0 Å². The lowest BCUT2D eigenvalue weighted by Gasteiger charge is -2.23. The van der Waals surface area contributed by atoms with Gasteiger partial charge in [-0.25, -0.2) is 9.18 Å². The van der Waals surface area contributed by atoms with Gasteiger partial charge in [-0.3, -0.25) is 9.69 Å². The van der Waals surface area contributed by atoms with E-state index in [0.717, 1.165) is 22.2 Å². The second-order valence-corrected chi connectivity index (χ2v) is 7.33. The molecule has 0 aromatic heterocycles. The van der Waals surface area contributed by atoms with E-state index in [2.05, 4.69) is 0 Å². The summed E-state index contributed by atoms with van der Waals surface area (Å²) in [5.41, 5.74) is 1.31. The molecular weight excluding hydrogens is 373 g/mol. The first-order valence-corrected chi connectivity index (χ1v) is 8.97. The van der Waals surface area contributed by atoms with E-state index in [1.54, 1.807) is 18.2 Å². The second-order valence-electron chi connectivity index (χ2n) is 5.65. The number of benzene rings is 2. The Morgan fingerprint density at radius 2 is 1.96 bits per heavy atom. The van der Waals surface area contributed by atoms with Crippen LogP contribution in [-0.2, 0) is 16.0 Å². The molecule has 0 aliphatic carbocycles. The van der Waals surface area contributed by atoms with Crippen LogP contribution in [-0.4, -0.2) is 32.2 Å². The standard InChI is InChI=1S/C19H14FNO3S2/c20-14-8-4-7-13(9-14)11-16-17(22)21(19(25)26-16)15(18(23)24)10-12-5-2-1-3-6-12/h1-9,11,15H,10H2,(H,23,24)/b16-11+/t15-/m0/s1. The number of nitrogens with zero attached hydrogens (tertiary/aromatic N) is 1. The molecule has 2 aromatic rings. The Balaban J connectivity index is 1.88. The third kappa shape index (κ3) is 4.00. The van der Waals surface area contributed by atoms with Gasteiger partial charge >= 0.3 is 5.97 Å². The van der Waals surface area contributed by atoms with Crippen molar-refractivity contribution < 1.29 is 19.1 Å². The van der Waals surface area contributed by atoms with Gasteiger partial charge in [-0.1, -0.05) is 66.4 Å². The van der Waals surface area contributed by atoms with Crippen molar-refractivity contribution in [1.29, 1.82) is 0 Å². The summed E-state index contributed by atoms with van der Waals surface area (Å²) in [5.74, 6) is -2.02. The molecule has 0 unspecified atom stereocenters. The monoisotopic (exact) mass is 387 g/mol. The van der Waals surface area contributed by atoms with Crippen molar-refractivity contribution in [2.75, 3.05) is 0 Å². The minimum atomic E-state index is -1.13. The van der Waals surface area contributed by atoms with Gasteiger partial charge in [0.2, 0.25) is 0 Å². The lowest BCUT2D eigenvalue weighted by atomic mass is 10.0. The summed E-state index contributed by atoms with van der Waals surface area (Å²) in [6.45, 7) is 0. The van der Waals surface area contributed by atoms with Crippen LogP contribution in [0.25, 0.3) is 6.08 Å². The number of carbonyl (C=O) groups excluding carboxylic acids is 1. The summed E-state index contributed by atoms with van der Waals surface area (Å²) in [7, 11) is 0. The molecule has 2 aromatic carbocycles. The fourth-order valence-electron chi connectivity index (χ4n) is 2.62. The van der Waals surface area contributed by atoms with E-state index in [0.29, 0.717) is 5.56 Å². The summed E-state index contributed by atoms with van der Waals surface area (Å²) in [6.07, 6.45) is 1.67. The number of hydrogen-bond donors (Lipinski definition) is 1. The van der Waals surface area contributed by atoms with Crippen LogP contribution in [0, 0.1) is 5.82 Å². The first kappa shape index (κ1) is 18.3. The average molecular weight is 387 g/mol. The van der Waals surface area contributed by atoms with Crippen LogP contribution in [0.3, 0.4) is 0 Å². The zero-order valence-corrected chi connectivity index (χ0v) is 15.1. The molecule has 7 heteroatoms. The second kappa shape index (κ2) is 7.80. The van der Waals surface area contributed by atoms with Crippen LogP contribution < -0.4 is 0 Å². The van der Waals surface area contributed by atoms with Crippen molar-refractivity contribution in [3.63, 3.8) is 0 Å². The molecule has 1 aliphatic rings. The van der Waals surface area contributed by atoms with Crippen LogP contribution >= 0.6 is 24.0 Å². The minimum Gasteiger partial charge on any atom is -0.480 e. The molecule has 1 N–H and O–H groups in total. The number of carboxylic acids is 1. The molecule has 1 atom stereocenters. The molecule has 132 valence electrons. The van der Waals surface area contributed by atoms with E-state index in [-0.39, 0.29) is 15.6 Å². The van der Waals surface area contributed by atoms with Gasteiger partial charge in [0, 0.05) is 6.42 Å². The maximum atomic E-state index is 13.3. The molecule has 3 rings (SSSR count). The summed E-state index contributed by atoms with van der Waals surface area (Å²) < 4.78 is 13.5. The number of carbonyl (C=O) groups is 2. The molecule has 26 heavy (non-hydrogen) atoms.